The number of phenolic OH excluding ortho intramolecular Hbond substituents is 1. The van der Waals surface area contributed by atoms with Crippen LogP contribution in [0.2, 0.25) is 0 Å². The molecule has 0 aromatic heterocycles. The predicted octanol–water partition coefficient (Wildman–Crippen LogP) is 3.98. The molecule has 0 atom stereocenters. The third-order valence-electron chi connectivity index (χ3n) is 3.01. The number of nitrogens with one attached hydrogen (secondary N) is 1. The molecule has 2 N–H and O–H groups in total. The summed E-state index contributed by atoms with van der Waals surface area (Å²) in [5.74, 6) is -0.301. The van der Waals surface area contributed by atoms with E-state index in [1.807, 2.05) is 59.0 Å². The molecule has 1 amide bonds. The molecule has 2 aromatic carbocycles. The summed E-state index contributed by atoms with van der Waals surface area (Å²) in [6.45, 7) is 0.357. The van der Waals surface area contributed by atoms with Crippen LogP contribution in [0.4, 0.5) is 0 Å². The van der Waals surface area contributed by atoms with E-state index in [0.717, 1.165) is 5.56 Å². The lowest BCUT2D eigenvalue weighted by molar-refractivity contribution is -0.117. The largest absolute Gasteiger partial charge is 0.506 e. The number of hydrogen-bond acceptors (Lipinski definition) is 3. The molecular weight excluding hydrogens is 471 g/mol. The Hall–Kier alpha value is -1.85. The molecule has 0 aliphatic heterocycles. The van der Waals surface area contributed by atoms with Crippen LogP contribution in [0.1, 0.15) is 11.1 Å². The molecule has 2 aromatic rings. The molecule has 4 nitrogen and oxygen atoms in total. The van der Waals surface area contributed by atoms with Crippen molar-refractivity contribution in [2.24, 2.45) is 0 Å². The van der Waals surface area contributed by atoms with Crippen molar-refractivity contribution in [1.82, 2.24) is 5.32 Å². The Morgan fingerprint density at radius 1 is 1.35 bits per heavy atom. The van der Waals surface area contributed by atoms with Crippen LogP contribution in [-0.2, 0) is 11.3 Å². The number of carbonyl (C=O) groups is 1. The third kappa shape index (κ3) is 4.81. The Morgan fingerprint density at radius 2 is 2.04 bits per heavy atom. The van der Waals surface area contributed by atoms with E-state index in [0.29, 0.717) is 20.2 Å². The van der Waals surface area contributed by atoms with Crippen molar-refractivity contribution in [2.75, 3.05) is 0 Å². The number of benzene rings is 2. The smallest absolute Gasteiger partial charge is 0.262 e. The van der Waals surface area contributed by atoms with Crippen molar-refractivity contribution >= 4 is 50.5 Å². The molecule has 6 heteroatoms. The second-order valence-corrected chi connectivity index (χ2v) is 6.69. The Kier molecular flexibility index (Phi) is 6.19. The fourth-order valence-electron chi connectivity index (χ4n) is 1.86. The summed E-state index contributed by atoms with van der Waals surface area (Å²) in [5, 5.41) is 21.6. The highest BCUT2D eigenvalue weighted by Gasteiger charge is 2.10. The Balaban J connectivity index is 2.15. The molecule has 23 heavy (non-hydrogen) atoms. The first-order valence-electron chi connectivity index (χ1n) is 6.63. The summed E-state index contributed by atoms with van der Waals surface area (Å²) in [5.41, 5.74) is 1.62. The first-order chi connectivity index (χ1) is 11.0. The topological polar surface area (TPSA) is 73.1 Å². The molecule has 0 fully saturated rings. The molecular formula is C17H12BrIN2O2. The van der Waals surface area contributed by atoms with Gasteiger partial charge in [-0.05, 0) is 67.9 Å². The minimum atomic E-state index is -0.435. The molecule has 2 rings (SSSR count). The number of aromatic hydroxyl groups is 1. The molecule has 0 aliphatic rings. The maximum Gasteiger partial charge on any atom is 0.262 e. The molecule has 0 bridgehead atoms. The van der Waals surface area contributed by atoms with Gasteiger partial charge in [-0.3, -0.25) is 4.79 Å². The van der Waals surface area contributed by atoms with Crippen LogP contribution in [-0.4, -0.2) is 11.0 Å². The van der Waals surface area contributed by atoms with E-state index in [1.54, 1.807) is 12.1 Å². The lowest BCUT2D eigenvalue weighted by Gasteiger charge is -2.05. The van der Waals surface area contributed by atoms with Crippen LogP contribution in [0, 0.1) is 14.9 Å². The summed E-state index contributed by atoms with van der Waals surface area (Å²) in [4.78, 5) is 12.1. The molecule has 0 spiro atoms. The van der Waals surface area contributed by atoms with Gasteiger partial charge in [0.15, 0.2) is 0 Å². The number of nitrogens with zero attached hydrogens (tertiary/aromatic N) is 1. The van der Waals surface area contributed by atoms with E-state index >= 15 is 0 Å². The fourth-order valence-corrected chi connectivity index (χ4v) is 3.36. The average Bonchev–Trinajstić information content (AvgIpc) is 2.56. The number of rotatable bonds is 4. The van der Waals surface area contributed by atoms with E-state index in [1.165, 1.54) is 6.08 Å². The number of amides is 1. The van der Waals surface area contributed by atoms with Crippen molar-refractivity contribution in [3.05, 3.63) is 67.2 Å². The minimum absolute atomic E-state index is 0.00863. The number of carbonyl (C=O) groups excluding carboxylic acids is 1. The van der Waals surface area contributed by atoms with Crippen LogP contribution >= 0.6 is 38.5 Å². The van der Waals surface area contributed by atoms with Crippen molar-refractivity contribution in [1.29, 1.82) is 5.26 Å². The predicted molar refractivity (Wildman–Crippen MR) is 100 cm³/mol. The lowest BCUT2D eigenvalue weighted by atomic mass is 10.1. The monoisotopic (exact) mass is 482 g/mol. The normalized spacial score (nSPS) is 10.9. The van der Waals surface area contributed by atoms with E-state index in [4.69, 9.17) is 0 Å². The van der Waals surface area contributed by atoms with Gasteiger partial charge in [0.1, 0.15) is 17.4 Å². The Labute approximate surface area is 156 Å². The molecule has 0 radical (unpaired) electrons. The zero-order valence-electron chi connectivity index (χ0n) is 11.9. The highest BCUT2D eigenvalue weighted by molar-refractivity contribution is 14.1. The lowest BCUT2D eigenvalue weighted by Crippen LogP contribution is -2.23. The molecule has 116 valence electrons. The first-order valence-corrected chi connectivity index (χ1v) is 8.50. The fraction of sp³-hybridized carbons (Fsp3) is 0.0588. The highest BCUT2D eigenvalue weighted by atomic mass is 127. The van der Waals surface area contributed by atoms with E-state index < -0.39 is 5.91 Å². The summed E-state index contributed by atoms with van der Waals surface area (Å²) in [6, 6.07) is 14.7. The molecule has 0 heterocycles. The van der Waals surface area contributed by atoms with Gasteiger partial charge < -0.3 is 10.4 Å². The quantitative estimate of drug-likeness (QED) is 0.393. The third-order valence-corrected chi connectivity index (χ3v) is 4.44. The second-order valence-electron chi connectivity index (χ2n) is 4.67. The van der Waals surface area contributed by atoms with Crippen LogP contribution in [0.3, 0.4) is 0 Å². The van der Waals surface area contributed by atoms with Gasteiger partial charge in [-0.25, -0.2) is 0 Å². The number of phenols is 1. The van der Waals surface area contributed by atoms with Crippen LogP contribution in [0.15, 0.2) is 52.5 Å². The van der Waals surface area contributed by atoms with Gasteiger partial charge in [-0.15, -0.1) is 0 Å². The van der Waals surface area contributed by atoms with Gasteiger partial charge in [0.2, 0.25) is 0 Å². The van der Waals surface area contributed by atoms with Crippen LogP contribution in [0.5, 0.6) is 5.75 Å². The number of hydrogen-bond donors (Lipinski definition) is 2. The van der Waals surface area contributed by atoms with E-state index in [9.17, 15) is 15.2 Å². The summed E-state index contributed by atoms with van der Waals surface area (Å²) in [7, 11) is 0. The number of nitriles is 1. The maximum absolute atomic E-state index is 12.1. The average molecular weight is 483 g/mol. The standard InChI is InChI=1S/C17H12BrIN2O2/c18-14-7-12(8-15(19)16(14)22)6-13(9-20)17(23)21-10-11-4-2-1-3-5-11/h1-8,22H,10H2,(H,21,23)/b13-6+. The molecule has 0 aliphatic carbocycles. The number of halogens is 2. The minimum Gasteiger partial charge on any atom is -0.506 e. The Morgan fingerprint density at radius 3 is 2.65 bits per heavy atom. The van der Waals surface area contributed by atoms with Crippen molar-refractivity contribution < 1.29 is 9.90 Å². The van der Waals surface area contributed by atoms with Gasteiger partial charge in [-0.1, -0.05) is 30.3 Å². The van der Waals surface area contributed by atoms with Crippen molar-refractivity contribution in [3.63, 3.8) is 0 Å². The molecule has 0 saturated heterocycles. The second kappa shape index (κ2) is 8.13. The zero-order valence-corrected chi connectivity index (χ0v) is 15.6. The van der Waals surface area contributed by atoms with Gasteiger partial charge in [0.25, 0.3) is 5.91 Å². The van der Waals surface area contributed by atoms with Gasteiger partial charge in [0.05, 0.1) is 8.04 Å². The maximum atomic E-state index is 12.1. The Bertz CT molecular complexity index is 775. The van der Waals surface area contributed by atoms with E-state index in [-0.39, 0.29) is 11.3 Å². The zero-order chi connectivity index (χ0) is 16.8. The summed E-state index contributed by atoms with van der Waals surface area (Å²) >= 11 is 5.22. The van der Waals surface area contributed by atoms with E-state index in [2.05, 4.69) is 21.2 Å². The summed E-state index contributed by atoms with van der Waals surface area (Å²) < 4.78 is 1.14. The van der Waals surface area contributed by atoms with Crippen molar-refractivity contribution in [2.45, 2.75) is 6.54 Å². The van der Waals surface area contributed by atoms with Crippen molar-refractivity contribution in [3.8, 4) is 11.8 Å². The van der Waals surface area contributed by atoms with Crippen LogP contribution < -0.4 is 5.32 Å². The van der Waals surface area contributed by atoms with Crippen LogP contribution in [0.25, 0.3) is 6.08 Å². The highest BCUT2D eigenvalue weighted by Crippen LogP contribution is 2.31. The van der Waals surface area contributed by atoms with Gasteiger partial charge in [0, 0.05) is 6.54 Å². The van der Waals surface area contributed by atoms with Gasteiger partial charge >= 0.3 is 0 Å². The molecule has 0 saturated carbocycles. The van der Waals surface area contributed by atoms with Gasteiger partial charge in [-0.2, -0.15) is 5.26 Å². The first kappa shape index (κ1) is 17.5. The summed E-state index contributed by atoms with van der Waals surface area (Å²) in [6.07, 6.45) is 1.49. The SMILES string of the molecule is N#C/C(=C\c1cc(Br)c(O)c(I)c1)C(=O)NCc1ccccc1. The molecule has 0 unspecified atom stereocenters.